The van der Waals surface area contributed by atoms with E-state index in [9.17, 15) is 9.59 Å². The molecule has 0 atom stereocenters. The van der Waals surface area contributed by atoms with E-state index in [1.54, 1.807) is 38.4 Å². The van der Waals surface area contributed by atoms with Gasteiger partial charge in [0, 0.05) is 36.9 Å². The van der Waals surface area contributed by atoms with Gasteiger partial charge in [-0.2, -0.15) is 0 Å². The van der Waals surface area contributed by atoms with Crippen LogP contribution < -0.4 is 5.32 Å². The molecule has 2 amide bonds. The van der Waals surface area contributed by atoms with Gasteiger partial charge in [0.2, 0.25) is 5.91 Å². The number of nitrogens with zero attached hydrogens (tertiary/aromatic N) is 2. The highest BCUT2D eigenvalue weighted by molar-refractivity contribution is 6.31. The SMILES string of the molecule is CN(CC(=O)Nc1ccc(C(=O)N(C)C)cc1)Cc1ccccc1Cl. The maximum atomic E-state index is 12.2. The summed E-state index contributed by atoms with van der Waals surface area (Å²) in [6.45, 7) is 0.826. The van der Waals surface area contributed by atoms with Crippen LogP contribution in [-0.2, 0) is 11.3 Å². The Balaban J connectivity index is 1.89. The molecule has 0 unspecified atom stereocenters. The number of benzene rings is 2. The molecule has 5 nitrogen and oxygen atoms in total. The molecule has 2 aromatic rings. The molecule has 132 valence electrons. The minimum Gasteiger partial charge on any atom is -0.345 e. The summed E-state index contributed by atoms with van der Waals surface area (Å²) in [4.78, 5) is 27.4. The van der Waals surface area contributed by atoms with Gasteiger partial charge >= 0.3 is 0 Å². The smallest absolute Gasteiger partial charge is 0.253 e. The average Bonchev–Trinajstić information content (AvgIpc) is 2.56. The van der Waals surface area contributed by atoms with Gasteiger partial charge in [0.25, 0.3) is 5.91 Å². The second-order valence-electron chi connectivity index (χ2n) is 6.09. The topological polar surface area (TPSA) is 52.7 Å². The predicted octanol–water partition coefficient (Wildman–Crippen LogP) is 3.11. The lowest BCUT2D eigenvalue weighted by atomic mass is 10.2. The molecule has 0 saturated carbocycles. The molecule has 2 rings (SSSR count). The maximum Gasteiger partial charge on any atom is 0.253 e. The lowest BCUT2D eigenvalue weighted by molar-refractivity contribution is -0.117. The van der Waals surface area contributed by atoms with Crippen molar-refractivity contribution in [2.75, 3.05) is 33.0 Å². The van der Waals surface area contributed by atoms with E-state index >= 15 is 0 Å². The van der Waals surface area contributed by atoms with E-state index in [0.29, 0.717) is 22.8 Å². The van der Waals surface area contributed by atoms with E-state index in [4.69, 9.17) is 11.6 Å². The molecule has 0 aliphatic carbocycles. The fraction of sp³-hybridized carbons (Fsp3) is 0.263. The van der Waals surface area contributed by atoms with Crippen molar-refractivity contribution < 1.29 is 9.59 Å². The average molecular weight is 360 g/mol. The summed E-state index contributed by atoms with van der Waals surface area (Å²) in [5, 5.41) is 3.52. The van der Waals surface area contributed by atoms with Crippen molar-refractivity contribution in [3.8, 4) is 0 Å². The second-order valence-corrected chi connectivity index (χ2v) is 6.50. The van der Waals surface area contributed by atoms with E-state index < -0.39 is 0 Å². The van der Waals surface area contributed by atoms with Crippen LogP contribution in [0.15, 0.2) is 48.5 Å². The van der Waals surface area contributed by atoms with E-state index in [2.05, 4.69) is 5.32 Å². The Hall–Kier alpha value is -2.37. The third kappa shape index (κ3) is 5.59. The van der Waals surface area contributed by atoms with Gasteiger partial charge in [-0.05, 0) is 42.9 Å². The van der Waals surface area contributed by atoms with Crippen LogP contribution in [0.1, 0.15) is 15.9 Å². The molecule has 25 heavy (non-hydrogen) atoms. The normalized spacial score (nSPS) is 10.6. The van der Waals surface area contributed by atoms with Crippen molar-refractivity contribution in [2.45, 2.75) is 6.54 Å². The van der Waals surface area contributed by atoms with Crippen molar-refractivity contribution in [3.63, 3.8) is 0 Å². The van der Waals surface area contributed by atoms with Crippen LogP contribution in [0.25, 0.3) is 0 Å². The van der Waals surface area contributed by atoms with Crippen LogP contribution in [-0.4, -0.2) is 49.3 Å². The van der Waals surface area contributed by atoms with E-state index in [-0.39, 0.29) is 18.4 Å². The number of hydrogen-bond acceptors (Lipinski definition) is 3. The van der Waals surface area contributed by atoms with Crippen LogP contribution in [0.3, 0.4) is 0 Å². The summed E-state index contributed by atoms with van der Waals surface area (Å²) < 4.78 is 0. The summed E-state index contributed by atoms with van der Waals surface area (Å²) in [7, 11) is 5.27. The number of hydrogen-bond donors (Lipinski definition) is 1. The molecule has 0 radical (unpaired) electrons. The number of nitrogens with one attached hydrogen (secondary N) is 1. The molecule has 0 aromatic heterocycles. The third-order valence-corrected chi connectivity index (χ3v) is 4.00. The van der Waals surface area contributed by atoms with Gasteiger partial charge in [-0.25, -0.2) is 0 Å². The molecule has 0 spiro atoms. The quantitative estimate of drug-likeness (QED) is 0.862. The Morgan fingerprint density at radius 1 is 1.00 bits per heavy atom. The van der Waals surface area contributed by atoms with E-state index in [1.807, 2.05) is 36.2 Å². The minimum absolute atomic E-state index is 0.0719. The number of carbonyl (C=O) groups excluding carboxylic acids is 2. The van der Waals surface area contributed by atoms with Gasteiger partial charge in [-0.15, -0.1) is 0 Å². The molecule has 6 heteroatoms. The fourth-order valence-electron chi connectivity index (χ4n) is 2.37. The highest BCUT2D eigenvalue weighted by atomic mass is 35.5. The summed E-state index contributed by atoms with van der Waals surface area (Å²) in [6.07, 6.45) is 0. The third-order valence-electron chi connectivity index (χ3n) is 3.63. The van der Waals surface area contributed by atoms with Gasteiger partial charge in [-0.3, -0.25) is 14.5 Å². The number of carbonyl (C=O) groups is 2. The van der Waals surface area contributed by atoms with Crippen molar-refractivity contribution in [1.82, 2.24) is 9.80 Å². The molecule has 1 N–H and O–H groups in total. The number of likely N-dealkylation sites (N-methyl/N-ethyl adjacent to an activating group) is 1. The number of anilines is 1. The molecule has 0 saturated heterocycles. The highest BCUT2D eigenvalue weighted by Gasteiger charge is 2.11. The molecule has 2 aromatic carbocycles. The number of rotatable bonds is 6. The zero-order valence-electron chi connectivity index (χ0n) is 14.6. The predicted molar refractivity (Wildman–Crippen MR) is 101 cm³/mol. The molecule has 0 aliphatic heterocycles. The van der Waals surface area contributed by atoms with Gasteiger partial charge < -0.3 is 10.2 Å². The van der Waals surface area contributed by atoms with Gasteiger partial charge in [0.05, 0.1) is 6.54 Å². The molecule has 0 heterocycles. The standard InChI is InChI=1S/C19H22ClN3O2/c1-22(2)19(25)14-8-10-16(11-9-14)21-18(24)13-23(3)12-15-6-4-5-7-17(15)20/h4-11H,12-13H2,1-3H3,(H,21,24). The Bertz CT molecular complexity index is 745. The summed E-state index contributed by atoms with van der Waals surface area (Å²) in [6, 6.07) is 14.4. The Labute approximate surface area is 153 Å². The zero-order chi connectivity index (χ0) is 18.4. The number of halogens is 1. The van der Waals surface area contributed by atoms with E-state index in [0.717, 1.165) is 5.56 Å². The Morgan fingerprint density at radius 3 is 2.24 bits per heavy atom. The second kappa shape index (κ2) is 8.65. The van der Waals surface area contributed by atoms with Crippen molar-refractivity contribution in [2.24, 2.45) is 0 Å². The first-order chi connectivity index (χ1) is 11.9. The molecule has 0 aliphatic rings. The largest absolute Gasteiger partial charge is 0.345 e. The Kier molecular flexibility index (Phi) is 6.56. The molecule has 0 fully saturated rings. The molecule has 0 bridgehead atoms. The van der Waals surface area contributed by atoms with Crippen LogP contribution in [0.4, 0.5) is 5.69 Å². The van der Waals surface area contributed by atoms with Crippen LogP contribution in [0, 0.1) is 0 Å². The van der Waals surface area contributed by atoms with E-state index in [1.165, 1.54) is 4.90 Å². The van der Waals surface area contributed by atoms with Crippen LogP contribution in [0.5, 0.6) is 0 Å². The van der Waals surface area contributed by atoms with Gasteiger partial charge in [0.1, 0.15) is 0 Å². The maximum absolute atomic E-state index is 12.2. The molecular formula is C19H22ClN3O2. The van der Waals surface area contributed by atoms with Crippen LogP contribution >= 0.6 is 11.6 Å². The lowest BCUT2D eigenvalue weighted by Gasteiger charge is -2.17. The highest BCUT2D eigenvalue weighted by Crippen LogP contribution is 2.16. The Morgan fingerprint density at radius 2 is 1.64 bits per heavy atom. The zero-order valence-corrected chi connectivity index (χ0v) is 15.4. The molecular weight excluding hydrogens is 338 g/mol. The lowest BCUT2D eigenvalue weighted by Crippen LogP contribution is -2.30. The van der Waals surface area contributed by atoms with Crippen molar-refractivity contribution in [1.29, 1.82) is 0 Å². The van der Waals surface area contributed by atoms with Gasteiger partial charge in [0.15, 0.2) is 0 Å². The minimum atomic E-state index is -0.124. The van der Waals surface area contributed by atoms with Crippen molar-refractivity contribution >= 4 is 29.1 Å². The monoisotopic (exact) mass is 359 g/mol. The summed E-state index contributed by atoms with van der Waals surface area (Å²) >= 11 is 6.14. The fourth-order valence-corrected chi connectivity index (χ4v) is 2.57. The number of amides is 2. The first kappa shape index (κ1) is 19.0. The van der Waals surface area contributed by atoms with Gasteiger partial charge in [-0.1, -0.05) is 29.8 Å². The first-order valence-electron chi connectivity index (χ1n) is 7.90. The summed E-state index contributed by atoms with van der Waals surface area (Å²) in [5.41, 5.74) is 2.22. The first-order valence-corrected chi connectivity index (χ1v) is 8.28. The summed E-state index contributed by atoms with van der Waals surface area (Å²) in [5.74, 6) is -0.196. The van der Waals surface area contributed by atoms with Crippen molar-refractivity contribution in [3.05, 3.63) is 64.7 Å². The van der Waals surface area contributed by atoms with Crippen LogP contribution in [0.2, 0.25) is 5.02 Å².